The summed E-state index contributed by atoms with van der Waals surface area (Å²) in [5.74, 6) is 1.61. The molecule has 6 heteroatoms. The van der Waals surface area contributed by atoms with Crippen LogP contribution in [0.1, 0.15) is 15.9 Å². The number of fused-ring (bicyclic) bond motifs is 1. The first-order chi connectivity index (χ1) is 14.1. The van der Waals surface area contributed by atoms with Crippen LogP contribution in [0.15, 0.2) is 60.7 Å². The lowest BCUT2D eigenvalue weighted by Gasteiger charge is -2.12. The van der Waals surface area contributed by atoms with Crippen molar-refractivity contribution in [3.8, 4) is 22.9 Å². The van der Waals surface area contributed by atoms with E-state index in [0.717, 1.165) is 33.7 Å². The maximum atomic E-state index is 12.8. The number of H-pyrrole nitrogens is 1. The molecular formula is C23H21N3O3. The number of aromatic amines is 1. The fraction of sp³-hybridized carbons (Fsp3) is 0.130. The second-order valence-electron chi connectivity index (χ2n) is 6.66. The van der Waals surface area contributed by atoms with Crippen molar-refractivity contribution in [2.24, 2.45) is 0 Å². The third kappa shape index (κ3) is 3.65. The summed E-state index contributed by atoms with van der Waals surface area (Å²) in [5, 5.41) is 2.98. The molecule has 0 bridgehead atoms. The zero-order chi connectivity index (χ0) is 20.4. The third-order valence-electron chi connectivity index (χ3n) is 4.79. The SMILES string of the molecule is COc1ccc(C(=O)Nc2cc(-c3nc4ccccc4[nH]3)ccc2C)cc1OC. The molecule has 0 aliphatic carbocycles. The minimum absolute atomic E-state index is 0.226. The first-order valence-corrected chi connectivity index (χ1v) is 9.18. The van der Waals surface area contributed by atoms with E-state index in [4.69, 9.17) is 9.47 Å². The van der Waals surface area contributed by atoms with Crippen LogP contribution in [0.3, 0.4) is 0 Å². The van der Waals surface area contributed by atoms with Crippen LogP contribution in [-0.4, -0.2) is 30.1 Å². The Kier molecular flexibility index (Phi) is 4.91. The molecule has 146 valence electrons. The number of aryl methyl sites for hydroxylation is 1. The van der Waals surface area contributed by atoms with Crippen molar-refractivity contribution in [3.63, 3.8) is 0 Å². The van der Waals surface area contributed by atoms with E-state index in [2.05, 4.69) is 15.3 Å². The summed E-state index contributed by atoms with van der Waals surface area (Å²) < 4.78 is 10.5. The zero-order valence-electron chi connectivity index (χ0n) is 16.4. The summed E-state index contributed by atoms with van der Waals surface area (Å²) >= 11 is 0. The molecule has 0 saturated carbocycles. The Labute approximate surface area is 168 Å². The van der Waals surface area contributed by atoms with Crippen molar-refractivity contribution in [3.05, 3.63) is 71.8 Å². The van der Waals surface area contributed by atoms with Crippen molar-refractivity contribution in [2.45, 2.75) is 6.92 Å². The molecule has 29 heavy (non-hydrogen) atoms. The number of hydrogen-bond acceptors (Lipinski definition) is 4. The largest absolute Gasteiger partial charge is 0.493 e. The molecule has 0 saturated heterocycles. The molecule has 0 unspecified atom stereocenters. The number of carbonyl (C=O) groups excluding carboxylic acids is 1. The van der Waals surface area contributed by atoms with Crippen molar-refractivity contribution in [2.75, 3.05) is 19.5 Å². The summed E-state index contributed by atoms with van der Waals surface area (Å²) in [6.07, 6.45) is 0. The minimum Gasteiger partial charge on any atom is -0.493 e. The maximum absolute atomic E-state index is 12.8. The molecule has 4 aromatic rings. The number of rotatable bonds is 5. The zero-order valence-corrected chi connectivity index (χ0v) is 16.4. The van der Waals surface area contributed by atoms with Crippen LogP contribution in [-0.2, 0) is 0 Å². The van der Waals surface area contributed by atoms with E-state index < -0.39 is 0 Å². The highest BCUT2D eigenvalue weighted by atomic mass is 16.5. The number of benzene rings is 3. The van der Waals surface area contributed by atoms with Gasteiger partial charge in [-0.2, -0.15) is 0 Å². The Bertz CT molecular complexity index is 1160. The van der Waals surface area contributed by atoms with Gasteiger partial charge in [0.15, 0.2) is 11.5 Å². The van der Waals surface area contributed by atoms with E-state index in [-0.39, 0.29) is 5.91 Å². The van der Waals surface area contributed by atoms with E-state index in [9.17, 15) is 4.79 Å². The van der Waals surface area contributed by atoms with Crippen molar-refractivity contribution < 1.29 is 14.3 Å². The van der Waals surface area contributed by atoms with Crippen molar-refractivity contribution >= 4 is 22.6 Å². The number of amides is 1. The summed E-state index contributed by atoms with van der Waals surface area (Å²) in [6.45, 7) is 1.95. The molecular weight excluding hydrogens is 366 g/mol. The average molecular weight is 387 g/mol. The second kappa shape index (κ2) is 7.67. The molecule has 6 nitrogen and oxygen atoms in total. The normalized spacial score (nSPS) is 10.7. The number of ether oxygens (including phenoxy) is 2. The van der Waals surface area contributed by atoms with Gasteiger partial charge in [-0.05, 0) is 48.9 Å². The van der Waals surface area contributed by atoms with Crippen molar-refractivity contribution in [1.29, 1.82) is 0 Å². The molecule has 4 rings (SSSR count). The summed E-state index contributed by atoms with van der Waals surface area (Å²) in [7, 11) is 3.10. The standard InChI is InChI=1S/C23H21N3O3/c1-14-8-9-15(22-24-17-6-4-5-7-18(17)25-22)12-19(14)26-23(27)16-10-11-20(28-2)21(13-16)29-3/h4-13H,1-3H3,(H,24,25)(H,26,27). The van der Waals surface area contributed by atoms with Gasteiger partial charge < -0.3 is 19.8 Å². The average Bonchev–Trinajstić information content (AvgIpc) is 3.19. The Morgan fingerprint density at radius 1 is 0.966 bits per heavy atom. The molecule has 3 aromatic carbocycles. The number of aromatic nitrogens is 2. The van der Waals surface area contributed by atoms with Crippen LogP contribution < -0.4 is 14.8 Å². The fourth-order valence-corrected chi connectivity index (χ4v) is 3.17. The van der Waals surface area contributed by atoms with Crippen LogP contribution in [0, 0.1) is 6.92 Å². The predicted octanol–water partition coefficient (Wildman–Crippen LogP) is 4.81. The number of hydrogen-bond donors (Lipinski definition) is 2. The number of para-hydroxylation sites is 2. The predicted molar refractivity (Wildman–Crippen MR) is 114 cm³/mol. The lowest BCUT2D eigenvalue weighted by molar-refractivity contribution is 0.102. The van der Waals surface area contributed by atoms with Crippen LogP contribution in [0.4, 0.5) is 5.69 Å². The van der Waals surface area contributed by atoms with Crippen LogP contribution in [0.5, 0.6) is 11.5 Å². The van der Waals surface area contributed by atoms with E-state index in [1.807, 2.05) is 49.4 Å². The summed E-state index contributed by atoms with van der Waals surface area (Å²) in [5.41, 5.74) is 4.94. The quantitative estimate of drug-likeness (QED) is 0.515. The van der Waals surface area contributed by atoms with Gasteiger partial charge in [0.25, 0.3) is 5.91 Å². The van der Waals surface area contributed by atoms with E-state index in [0.29, 0.717) is 17.1 Å². The van der Waals surface area contributed by atoms with Gasteiger partial charge in [0.1, 0.15) is 5.82 Å². The van der Waals surface area contributed by atoms with Gasteiger partial charge in [-0.25, -0.2) is 4.98 Å². The Morgan fingerprint density at radius 3 is 2.52 bits per heavy atom. The molecule has 0 spiro atoms. The monoisotopic (exact) mass is 387 g/mol. The van der Waals surface area contributed by atoms with Gasteiger partial charge in [-0.1, -0.05) is 24.3 Å². The molecule has 2 N–H and O–H groups in total. The number of anilines is 1. The molecule has 0 fully saturated rings. The van der Waals surface area contributed by atoms with Gasteiger partial charge in [0.05, 0.1) is 25.3 Å². The smallest absolute Gasteiger partial charge is 0.255 e. The van der Waals surface area contributed by atoms with Gasteiger partial charge in [-0.3, -0.25) is 4.79 Å². The summed E-state index contributed by atoms with van der Waals surface area (Å²) in [6, 6.07) is 18.8. The first kappa shape index (κ1) is 18.6. The Morgan fingerprint density at radius 2 is 1.76 bits per heavy atom. The number of nitrogens with one attached hydrogen (secondary N) is 2. The van der Waals surface area contributed by atoms with Crippen LogP contribution >= 0.6 is 0 Å². The topological polar surface area (TPSA) is 76.2 Å². The molecule has 0 atom stereocenters. The summed E-state index contributed by atoms with van der Waals surface area (Å²) in [4.78, 5) is 20.7. The van der Waals surface area contributed by atoms with Crippen LogP contribution in [0.2, 0.25) is 0 Å². The first-order valence-electron chi connectivity index (χ1n) is 9.18. The van der Waals surface area contributed by atoms with Crippen LogP contribution in [0.25, 0.3) is 22.4 Å². The van der Waals surface area contributed by atoms with Gasteiger partial charge >= 0.3 is 0 Å². The molecule has 1 heterocycles. The highest BCUT2D eigenvalue weighted by Crippen LogP contribution is 2.29. The molecule has 0 aliphatic rings. The van der Waals surface area contributed by atoms with Crippen molar-refractivity contribution in [1.82, 2.24) is 9.97 Å². The number of nitrogens with zero attached hydrogens (tertiary/aromatic N) is 1. The lowest BCUT2D eigenvalue weighted by atomic mass is 10.1. The lowest BCUT2D eigenvalue weighted by Crippen LogP contribution is -2.13. The van der Waals surface area contributed by atoms with Gasteiger partial charge in [0.2, 0.25) is 0 Å². The Balaban J connectivity index is 1.63. The van der Waals surface area contributed by atoms with E-state index in [1.165, 1.54) is 0 Å². The Hall–Kier alpha value is -3.80. The maximum Gasteiger partial charge on any atom is 0.255 e. The van der Waals surface area contributed by atoms with E-state index >= 15 is 0 Å². The number of imidazole rings is 1. The van der Waals surface area contributed by atoms with Gasteiger partial charge in [-0.15, -0.1) is 0 Å². The molecule has 0 aliphatic heterocycles. The minimum atomic E-state index is -0.226. The fourth-order valence-electron chi connectivity index (χ4n) is 3.17. The number of methoxy groups -OCH3 is 2. The second-order valence-corrected chi connectivity index (χ2v) is 6.66. The molecule has 1 amide bonds. The highest BCUT2D eigenvalue weighted by Gasteiger charge is 2.13. The van der Waals surface area contributed by atoms with Gasteiger partial charge in [0, 0.05) is 16.8 Å². The molecule has 1 aromatic heterocycles. The molecule has 0 radical (unpaired) electrons. The third-order valence-corrected chi connectivity index (χ3v) is 4.79. The number of carbonyl (C=O) groups is 1. The highest BCUT2D eigenvalue weighted by molar-refractivity contribution is 6.05. The van der Waals surface area contributed by atoms with E-state index in [1.54, 1.807) is 32.4 Å².